The van der Waals surface area contributed by atoms with E-state index in [0.717, 1.165) is 4.57 Å². The number of hydrogen-bond acceptors (Lipinski definition) is 5. The highest BCUT2D eigenvalue weighted by atomic mass is 32.2. The van der Waals surface area contributed by atoms with Crippen LogP contribution in [0.2, 0.25) is 0 Å². The van der Waals surface area contributed by atoms with Gasteiger partial charge >= 0.3 is 5.69 Å². The Morgan fingerprint density at radius 1 is 1.04 bits per heavy atom. The maximum Gasteiger partial charge on any atom is 0.332 e. The van der Waals surface area contributed by atoms with Crippen LogP contribution < -0.4 is 11.2 Å². The molecule has 0 spiro atoms. The van der Waals surface area contributed by atoms with Crippen LogP contribution in [0.15, 0.2) is 44.8 Å². The van der Waals surface area contributed by atoms with Gasteiger partial charge in [-0.15, -0.1) is 0 Å². The fourth-order valence-corrected chi connectivity index (χ4v) is 5.14. The summed E-state index contributed by atoms with van der Waals surface area (Å²) in [5.74, 6) is 0.611. The van der Waals surface area contributed by atoms with Crippen molar-refractivity contribution in [3.63, 3.8) is 0 Å². The van der Waals surface area contributed by atoms with Crippen LogP contribution in [0, 0.1) is 0 Å². The molecule has 2 aromatic heterocycles. The van der Waals surface area contributed by atoms with Crippen LogP contribution in [-0.2, 0) is 24.1 Å². The van der Waals surface area contributed by atoms with Crippen molar-refractivity contribution in [2.24, 2.45) is 14.1 Å². The smallest absolute Gasteiger partial charge is 0.332 e. The summed E-state index contributed by atoms with van der Waals surface area (Å²) in [5, 5.41) is 0. The Kier molecular flexibility index (Phi) is 4.47. The summed E-state index contributed by atoms with van der Waals surface area (Å²) in [5.41, 5.74) is -0.235. The topological polar surface area (TPSA) is 110 Å². The summed E-state index contributed by atoms with van der Waals surface area (Å²) >= 11 is 0. The molecular weight excluding hydrogens is 382 g/mol. The monoisotopic (exact) mass is 403 g/mol. The van der Waals surface area contributed by atoms with Crippen molar-refractivity contribution in [1.82, 2.24) is 23.4 Å². The molecule has 1 N–H and O–H groups in total. The zero-order valence-electron chi connectivity index (χ0n) is 15.6. The number of sulfonamides is 1. The van der Waals surface area contributed by atoms with Gasteiger partial charge in [0.05, 0.1) is 4.90 Å². The summed E-state index contributed by atoms with van der Waals surface area (Å²) in [6.07, 6.45) is 1.17. The van der Waals surface area contributed by atoms with Crippen LogP contribution in [0.4, 0.5) is 0 Å². The first-order valence-electron chi connectivity index (χ1n) is 9.01. The minimum absolute atomic E-state index is 0.00516. The number of nitrogens with zero attached hydrogens (tertiary/aromatic N) is 4. The van der Waals surface area contributed by atoms with Crippen LogP contribution in [0.5, 0.6) is 0 Å². The first-order valence-corrected chi connectivity index (χ1v) is 10.5. The first-order chi connectivity index (χ1) is 13.3. The predicted molar refractivity (Wildman–Crippen MR) is 104 cm³/mol. The van der Waals surface area contributed by atoms with Gasteiger partial charge in [-0.1, -0.05) is 18.2 Å². The number of aromatic nitrogens is 4. The van der Waals surface area contributed by atoms with E-state index in [0.29, 0.717) is 42.9 Å². The molecule has 0 bridgehead atoms. The third-order valence-electron chi connectivity index (χ3n) is 5.33. The highest BCUT2D eigenvalue weighted by Gasteiger charge is 2.31. The summed E-state index contributed by atoms with van der Waals surface area (Å²) in [4.78, 5) is 32.2. The Labute approximate surface area is 161 Å². The molecule has 1 aliphatic rings. The van der Waals surface area contributed by atoms with Crippen LogP contribution >= 0.6 is 0 Å². The van der Waals surface area contributed by atoms with Crippen molar-refractivity contribution < 1.29 is 8.42 Å². The number of H-pyrrole nitrogens is 1. The molecule has 0 saturated carbocycles. The van der Waals surface area contributed by atoms with Crippen LogP contribution in [0.25, 0.3) is 11.2 Å². The molecule has 0 atom stereocenters. The van der Waals surface area contributed by atoms with Crippen molar-refractivity contribution in [3.8, 4) is 0 Å². The fraction of sp³-hybridized carbons (Fsp3) is 0.389. The maximum atomic E-state index is 12.8. The van der Waals surface area contributed by atoms with Gasteiger partial charge in [-0.05, 0) is 25.0 Å². The molecular formula is C18H21N5O4S. The summed E-state index contributed by atoms with van der Waals surface area (Å²) in [6, 6.07) is 8.38. The molecule has 9 nitrogen and oxygen atoms in total. The average Bonchev–Trinajstić information content (AvgIpc) is 3.17. The number of hydrogen-bond donors (Lipinski definition) is 1. The summed E-state index contributed by atoms with van der Waals surface area (Å²) in [6.45, 7) is 0.742. The standard InChI is InChI=1S/C18H21N5O4S/c1-21-16-14(17(24)22(2)18(21)25)19-15(20-16)12-8-10-23(11-9-12)28(26,27)13-6-4-3-5-7-13/h3-7,12H,8-11H2,1-2H3,(H,19,20). The molecule has 0 radical (unpaired) electrons. The van der Waals surface area contributed by atoms with Crippen molar-refractivity contribution >= 4 is 21.2 Å². The Hall–Kier alpha value is -2.72. The lowest BCUT2D eigenvalue weighted by molar-refractivity contribution is 0.314. The van der Waals surface area contributed by atoms with Crippen molar-refractivity contribution in [3.05, 3.63) is 57.0 Å². The maximum absolute atomic E-state index is 12.8. The van der Waals surface area contributed by atoms with E-state index in [-0.39, 0.29) is 10.8 Å². The van der Waals surface area contributed by atoms with Gasteiger partial charge in [0.15, 0.2) is 5.65 Å². The number of nitrogens with one attached hydrogen (secondary N) is 1. The van der Waals surface area contributed by atoms with Crippen LogP contribution in [-0.4, -0.2) is 44.9 Å². The van der Waals surface area contributed by atoms with E-state index in [1.54, 1.807) is 37.4 Å². The Balaban J connectivity index is 1.59. The Bertz CT molecular complexity index is 1250. The van der Waals surface area contributed by atoms with Crippen molar-refractivity contribution in [2.45, 2.75) is 23.7 Å². The molecule has 0 aliphatic carbocycles. The van der Waals surface area contributed by atoms with Gasteiger partial charge in [0.2, 0.25) is 10.0 Å². The van der Waals surface area contributed by atoms with Gasteiger partial charge in [0.25, 0.3) is 5.56 Å². The number of piperidine rings is 1. The van der Waals surface area contributed by atoms with Crippen LogP contribution in [0.3, 0.4) is 0 Å². The molecule has 1 fully saturated rings. The van der Waals surface area contributed by atoms with Crippen molar-refractivity contribution in [1.29, 1.82) is 0 Å². The van der Waals surface area contributed by atoms with Gasteiger partial charge in [-0.25, -0.2) is 18.2 Å². The van der Waals surface area contributed by atoms with Gasteiger partial charge < -0.3 is 4.98 Å². The fourth-order valence-electron chi connectivity index (χ4n) is 3.65. The number of aromatic amines is 1. The number of fused-ring (bicyclic) bond motifs is 1. The predicted octanol–water partition coefficient (Wildman–Crippen LogP) is 0.529. The largest absolute Gasteiger partial charge is 0.336 e. The van der Waals surface area contributed by atoms with Crippen molar-refractivity contribution in [2.75, 3.05) is 13.1 Å². The molecule has 3 aromatic rings. The zero-order chi connectivity index (χ0) is 20.1. The highest BCUT2D eigenvalue weighted by molar-refractivity contribution is 7.89. The second-order valence-electron chi connectivity index (χ2n) is 7.02. The summed E-state index contributed by atoms with van der Waals surface area (Å²) < 4.78 is 29.4. The molecule has 10 heteroatoms. The molecule has 148 valence electrons. The normalized spacial score (nSPS) is 16.6. The molecule has 1 aromatic carbocycles. The van der Waals surface area contributed by atoms with Gasteiger partial charge in [0, 0.05) is 33.1 Å². The molecule has 28 heavy (non-hydrogen) atoms. The minimum Gasteiger partial charge on any atom is -0.336 e. The van der Waals surface area contributed by atoms with E-state index < -0.39 is 21.3 Å². The molecule has 1 saturated heterocycles. The number of benzene rings is 1. The molecule has 0 amide bonds. The highest BCUT2D eigenvalue weighted by Crippen LogP contribution is 2.29. The SMILES string of the molecule is Cn1c(=O)c2[nH]c(C3CCN(S(=O)(=O)c4ccccc4)CC3)nc2n(C)c1=O. The Morgan fingerprint density at radius 2 is 1.68 bits per heavy atom. The molecule has 3 heterocycles. The van der Waals surface area contributed by atoms with E-state index in [2.05, 4.69) is 9.97 Å². The molecule has 0 unspecified atom stereocenters. The van der Waals surface area contributed by atoms with E-state index in [1.807, 2.05) is 0 Å². The van der Waals surface area contributed by atoms with E-state index >= 15 is 0 Å². The lowest BCUT2D eigenvalue weighted by atomic mass is 9.97. The first kappa shape index (κ1) is 18.6. The van der Waals surface area contributed by atoms with E-state index in [9.17, 15) is 18.0 Å². The van der Waals surface area contributed by atoms with Gasteiger partial charge in [0.1, 0.15) is 11.3 Å². The van der Waals surface area contributed by atoms with Crippen LogP contribution in [0.1, 0.15) is 24.6 Å². The molecule has 1 aliphatic heterocycles. The van der Waals surface area contributed by atoms with Gasteiger partial charge in [-0.2, -0.15) is 4.31 Å². The van der Waals surface area contributed by atoms with E-state index in [4.69, 9.17) is 0 Å². The second kappa shape index (κ2) is 6.71. The number of imidazole rings is 1. The minimum atomic E-state index is -3.51. The average molecular weight is 403 g/mol. The molecule has 4 rings (SSSR count). The summed E-state index contributed by atoms with van der Waals surface area (Å²) in [7, 11) is -0.512. The number of rotatable bonds is 3. The quantitative estimate of drug-likeness (QED) is 0.686. The van der Waals surface area contributed by atoms with Gasteiger partial charge in [-0.3, -0.25) is 13.9 Å². The lowest BCUT2D eigenvalue weighted by Crippen LogP contribution is -2.38. The Morgan fingerprint density at radius 3 is 2.32 bits per heavy atom. The zero-order valence-corrected chi connectivity index (χ0v) is 16.4. The second-order valence-corrected chi connectivity index (χ2v) is 8.96. The third-order valence-corrected chi connectivity index (χ3v) is 7.25. The third kappa shape index (κ3) is 2.89. The lowest BCUT2D eigenvalue weighted by Gasteiger charge is -2.30. The van der Waals surface area contributed by atoms with E-state index in [1.165, 1.54) is 15.9 Å². The number of aryl methyl sites for hydroxylation is 1.